The van der Waals surface area contributed by atoms with Crippen molar-refractivity contribution >= 4 is 0 Å². The molecule has 0 aliphatic rings. The highest BCUT2D eigenvalue weighted by atomic mass is 16.5. The molecule has 2 N–H and O–H groups in total. The molecule has 1 aromatic carbocycles. The maximum absolute atomic E-state index is 5.71. The minimum Gasteiger partial charge on any atom is -0.491 e. The molecule has 0 spiro atoms. The van der Waals surface area contributed by atoms with Gasteiger partial charge in [-0.1, -0.05) is 19.1 Å². The second-order valence-electron chi connectivity index (χ2n) is 3.52. The average Bonchev–Trinajstić information content (AvgIpc) is 2.19. The minimum absolute atomic E-state index is 0.281. The Labute approximate surface area is 86.1 Å². The monoisotopic (exact) mass is 193 g/mol. The van der Waals surface area contributed by atoms with E-state index in [0.29, 0.717) is 6.54 Å². The molecule has 78 valence electrons. The first kappa shape index (κ1) is 11.1. The second kappa shape index (κ2) is 5.66. The highest BCUT2D eigenvalue weighted by molar-refractivity contribution is 5.28. The zero-order valence-corrected chi connectivity index (χ0v) is 8.99. The summed E-state index contributed by atoms with van der Waals surface area (Å²) in [6, 6.07) is 8.16. The van der Waals surface area contributed by atoms with Gasteiger partial charge in [0.05, 0.1) is 6.10 Å². The van der Waals surface area contributed by atoms with Crippen molar-refractivity contribution in [3.63, 3.8) is 0 Å². The van der Waals surface area contributed by atoms with Gasteiger partial charge in [-0.3, -0.25) is 0 Å². The van der Waals surface area contributed by atoms with Gasteiger partial charge in [-0.05, 0) is 44.0 Å². The predicted octanol–water partition coefficient (Wildman–Crippen LogP) is 2.37. The Balaban J connectivity index is 2.63. The van der Waals surface area contributed by atoms with Crippen LogP contribution in [0.25, 0.3) is 0 Å². The van der Waals surface area contributed by atoms with Crippen LogP contribution in [0.4, 0.5) is 0 Å². The summed E-state index contributed by atoms with van der Waals surface area (Å²) in [4.78, 5) is 0. The van der Waals surface area contributed by atoms with E-state index in [0.717, 1.165) is 18.6 Å². The van der Waals surface area contributed by atoms with Crippen LogP contribution in [0.15, 0.2) is 24.3 Å². The van der Waals surface area contributed by atoms with Gasteiger partial charge in [-0.2, -0.15) is 0 Å². The largest absolute Gasteiger partial charge is 0.491 e. The van der Waals surface area contributed by atoms with Crippen LogP contribution in [0.1, 0.15) is 25.8 Å². The smallest absolute Gasteiger partial charge is 0.119 e. The van der Waals surface area contributed by atoms with E-state index in [9.17, 15) is 0 Å². The van der Waals surface area contributed by atoms with E-state index in [4.69, 9.17) is 10.5 Å². The van der Waals surface area contributed by atoms with Gasteiger partial charge >= 0.3 is 0 Å². The summed E-state index contributed by atoms with van der Waals surface area (Å²) in [6.45, 7) is 4.89. The predicted molar refractivity (Wildman–Crippen MR) is 59.6 cm³/mol. The summed E-state index contributed by atoms with van der Waals surface area (Å²) in [5, 5.41) is 0. The quantitative estimate of drug-likeness (QED) is 0.779. The third kappa shape index (κ3) is 3.38. The summed E-state index contributed by atoms with van der Waals surface area (Å²) < 4.78 is 5.71. The minimum atomic E-state index is 0.281. The van der Waals surface area contributed by atoms with Crippen molar-refractivity contribution in [2.24, 2.45) is 5.73 Å². The van der Waals surface area contributed by atoms with E-state index in [1.54, 1.807) is 0 Å². The molecule has 0 radical (unpaired) electrons. The highest BCUT2D eigenvalue weighted by Gasteiger charge is 2.01. The van der Waals surface area contributed by atoms with Crippen LogP contribution in [0, 0.1) is 0 Å². The van der Waals surface area contributed by atoms with Gasteiger partial charge in [0, 0.05) is 0 Å². The third-order valence-corrected chi connectivity index (χ3v) is 2.24. The van der Waals surface area contributed by atoms with E-state index in [1.807, 2.05) is 12.1 Å². The first-order valence-electron chi connectivity index (χ1n) is 5.22. The molecule has 14 heavy (non-hydrogen) atoms. The Kier molecular flexibility index (Phi) is 4.47. The first-order chi connectivity index (χ1) is 6.76. The van der Waals surface area contributed by atoms with Gasteiger partial charge in [0.15, 0.2) is 0 Å². The summed E-state index contributed by atoms with van der Waals surface area (Å²) in [5.74, 6) is 0.949. The van der Waals surface area contributed by atoms with Crippen LogP contribution in [0.2, 0.25) is 0 Å². The molecule has 0 fully saturated rings. The molecular weight excluding hydrogens is 174 g/mol. The van der Waals surface area contributed by atoms with Gasteiger partial charge in [0.1, 0.15) is 5.75 Å². The van der Waals surface area contributed by atoms with Crippen LogP contribution in [-0.4, -0.2) is 12.6 Å². The molecule has 0 heterocycles. The van der Waals surface area contributed by atoms with E-state index in [1.165, 1.54) is 5.56 Å². The van der Waals surface area contributed by atoms with E-state index >= 15 is 0 Å². The van der Waals surface area contributed by atoms with Crippen LogP contribution in [-0.2, 0) is 6.42 Å². The lowest BCUT2D eigenvalue weighted by Gasteiger charge is -2.13. The lowest BCUT2D eigenvalue weighted by molar-refractivity contribution is 0.217. The van der Waals surface area contributed by atoms with Crippen molar-refractivity contribution in [3.8, 4) is 5.75 Å². The maximum Gasteiger partial charge on any atom is 0.119 e. The SMILES string of the molecule is CCC(C)Oc1cccc(CCN)c1. The summed E-state index contributed by atoms with van der Waals surface area (Å²) in [7, 11) is 0. The number of benzene rings is 1. The fourth-order valence-electron chi connectivity index (χ4n) is 1.26. The van der Waals surface area contributed by atoms with Crippen LogP contribution < -0.4 is 10.5 Å². The molecule has 1 atom stereocenters. The van der Waals surface area contributed by atoms with Gasteiger partial charge in [-0.25, -0.2) is 0 Å². The molecule has 1 aromatic rings. The Hall–Kier alpha value is -1.02. The van der Waals surface area contributed by atoms with Gasteiger partial charge < -0.3 is 10.5 Å². The molecule has 1 unspecified atom stereocenters. The number of ether oxygens (including phenoxy) is 1. The normalized spacial score (nSPS) is 12.5. The van der Waals surface area contributed by atoms with Crippen molar-refractivity contribution < 1.29 is 4.74 Å². The lowest BCUT2D eigenvalue weighted by atomic mass is 10.1. The van der Waals surface area contributed by atoms with Crippen molar-refractivity contribution in [2.75, 3.05) is 6.54 Å². The zero-order chi connectivity index (χ0) is 10.4. The topological polar surface area (TPSA) is 35.2 Å². The van der Waals surface area contributed by atoms with Crippen LogP contribution in [0.5, 0.6) is 5.75 Å². The fourth-order valence-corrected chi connectivity index (χ4v) is 1.26. The number of hydrogen-bond acceptors (Lipinski definition) is 2. The summed E-state index contributed by atoms with van der Waals surface area (Å²) in [6.07, 6.45) is 2.22. The first-order valence-corrected chi connectivity index (χ1v) is 5.22. The standard InChI is InChI=1S/C12H19NO/c1-3-10(2)14-12-6-4-5-11(9-12)7-8-13/h4-6,9-10H,3,7-8,13H2,1-2H3. The molecule has 0 aliphatic heterocycles. The van der Waals surface area contributed by atoms with Crippen LogP contribution in [0.3, 0.4) is 0 Å². The van der Waals surface area contributed by atoms with Gasteiger partial charge in [0.25, 0.3) is 0 Å². The van der Waals surface area contributed by atoms with E-state index in [2.05, 4.69) is 26.0 Å². The van der Waals surface area contributed by atoms with E-state index in [-0.39, 0.29) is 6.10 Å². The van der Waals surface area contributed by atoms with Gasteiger partial charge in [0.2, 0.25) is 0 Å². The number of rotatable bonds is 5. The number of hydrogen-bond donors (Lipinski definition) is 1. The molecule has 0 saturated carbocycles. The average molecular weight is 193 g/mol. The molecule has 0 aliphatic carbocycles. The second-order valence-corrected chi connectivity index (χ2v) is 3.52. The molecule has 0 amide bonds. The summed E-state index contributed by atoms with van der Waals surface area (Å²) >= 11 is 0. The Morgan fingerprint density at radius 2 is 2.21 bits per heavy atom. The molecule has 0 bridgehead atoms. The number of nitrogens with two attached hydrogens (primary N) is 1. The molecule has 0 saturated heterocycles. The highest BCUT2D eigenvalue weighted by Crippen LogP contribution is 2.15. The fraction of sp³-hybridized carbons (Fsp3) is 0.500. The van der Waals surface area contributed by atoms with Crippen molar-refractivity contribution in [2.45, 2.75) is 32.8 Å². The molecular formula is C12H19NO. The molecule has 2 heteroatoms. The Morgan fingerprint density at radius 1 is 1.43 bits per heavy atom. The molecule has 0 aromatic heterocycles. The third-order valence-electron chi connectivity index (χ3n) is 2.24. The maximum atomic E-state index is 5.71. The zero-order valence-electron chi connectivity index (χ0n) is 8.99. The molecule has 2 nitrogen and oxygen atoms in total. The van der Waals surface area contributed by atoms with Crippen LogP contribution >= 0.6 is 0 Å². The van der Waals surface area contributed by atoms with Crippen molar-refractivity contribution in [1.82, 2.24) is 0 Å². The van der Waals surface area contributed by atoms with E-state index < -0.39 is 0 Å². The molecule has 1 rings (SSSR count). The van der Waals surface area contributed by atoms with Crippen molar-refractivity contribution in [3.05, 3.63) is 29.8 Å². The Bertz CT molecular complexity index is 273. The van der Waals surface area contributed by atoms with Crippen molar-refractivity contribution in [1.29, 1.82) is 0 Å². The summed E-state index contributed by atoms with van der Waals surface area (Å²) in [5.41, 5.74) is 6.74. The Morgan fingerprint density at radius 3 is 2.86 bits per heavy atom. The lowest BCUT2D eigenvalue weighted by Crippen LogP contribution is -2.10. The van der Waals surface area contributed by atoms with Gasteiger partial charge in [-0.15, -0.1) is 0 Å².